The second kappa shape index (κ2) is 10.4. The van der Waals surface area contributed by atoms with E-state index in [1.54, 1.807) is 0 Å². The molecule has 2 fully saturated rings. The van der Waals surface area contributed by atoms with Crippen molar-refractivity contribution in [3.63, 3.8) is 0 Å². The first-order valence-electron chi connectivity index (χ1n) is 12.4. The molecule has 36 heavy (non-hydrogen) atoms. The lowest BCUT2D eigenvalue weighted by atomic mass is 9.88. The number of nitrogens with one attached hydrogen (secondary N) is 2. The van der Waals surface area contributed by atoms with Gasteiger partial charge in [-0.3, -0.25) is 19.2 Å². The van der Waals surface area contributed by atoms with Crippen LogP contribution in [0.2, 0.25) is 19.6 Å². The molecule has 2 N–H and O–H groups in total. The van der Waals surface area contributed by atoms with E-state index in [-0.39, 0.29) is 24.1 Å². The van der Waals surface area contributed by atoms with Gasteiger partial charge in [0.1, 0.15) is 0 Å². The molecule has 0 spiro atoms. The maximum Gasteiger partial charge on any atom is 0.416 e. The van der Waals surface area contributed by atoms with Crippen molar-refractivity contribution in [1.29, 1.82) is 0 Å². The van der Waals surface area contributed by atoms with Crippen molar-refractivity contribution in [2.45, 2.75) is 69.6 Å². The number of hydrogen-bond acceptors (Lipinski definition) is 4. The van der Waals surface area contributed by atoms with E-state index in [2.05, 4.69) is 51.2 Å². The molecule has 7 nitrogen and oxygen atoms in total. The predicted molar refractivity (Wildman–Crippen MR) is 134 cm³/mol. The number of aromatic nitrogens is 2. The number of hydrogen-bond donors (Lipinski definition) is 2. The van der Waals surface area contributed by atoms with Crippen LogP contribution in [0.25, 0.3) is 0 Å². The topological polar surface area (TPSA) is 79.3 Å². The van der Waals surface area contributed by atoms with Gasteiger partial charge in [-0.2, -0.15) is 18.3 Å². The van der Waals surface area contributed by atoms with Crippen LogP contribution in [0.4, 0.5) is 13.2 Å². The fourth-order valence-corrected chi connectivity index (χ4v) is 5.86. The van der Waals surface area contributed by atoms with E-state index < -0.39 is 25.7 Å². The Labute approximate surface area is 210 Å². The SMILES string of the molecule is C[Si](C)(C)c1cnn([C@H]2CC[C@@H](N3CC(NC(=O)CNC(=O)c4cccc(C(F)(F)F)c4)C3)CC2)c1. The number of nitrogens with zero attached hydrogens (tertiary/aromatic N) is 3. The van der Waals surface area contributed by atoms with E-state index in [0.717, 1.165) is 50.9 Å². The van der Waals surface area contributed by atoms with Crippen molar-refractivity contribution >= 4 is 25.1 Å². The average Bonchev–Trinajstić information content (AvgIpc) is 3.30. The van der Waals surface area contributed by atoms with Gasteiger partial charge >= 0.3 is 6.18 Å². The Morgan fingerprint density at radius 2 is 1.75 bits per heavy atom. The lowest BCUT2D eigenvalue weighted by Gasteiger charge is -2.46. The third kappa shape index (κ3) is 6.36. The Morgan fingerprint density at radius 1 is 1.08 bits per heavy atom. The molecule has 1 aromatic carbocycles. The maximum absolute atomic E-state index is 12.8. The summed E-state index contributed by atoms with van der Waals surface area (Å²) in [5.41, 5.74) is -1.03. The molecule has 0 atom stereocenters. The summed E-state index contributed by atoms with van der Waals surface area (Å²) >= 11 is 0. The number of carbonyl (C=O) groups excluding carboxylic acids is 2. The summed E-state index contributed by atoms with van der Waals surface area (Å²) in [5.74, 6) is -1.06. The molecule has 1 aliphatic heterocycles. The Bertz CT molecular complexity index is 1080. The smallest absolute Gasteiger partial charge is 0.349 e. The number of benzene rings is 1. The van der Waals surface area contributed by atoms with Crippen LogP contribution in [-0.4, -0.2) is 66.3 Å². The van der Waals surface area contributed by atoms with Crippen molar-refractivity contribution in [3.05, 3.63) is 47.8 Å². The Hall–Kier alpha value is -2.66. The summed E-state index contributed by atoms with van der Waals surface area (Å²) in [7, 11) is -1.35. The molecule has 196 valence electrons. The van der Waals surface area contributed by atoms with Crippen molar-refractivity contribution in [2.75, 3.05) is 19.6 Å². The molecule has 2 heterocycles. The van der Waals surface area contributed by atoms with Crippen LogP contribution in [0.3, 0.4) is 0 Å². The van der Waals surface area contributed by atoms with Gasteiger partial charge in [0.05, 0.1) is 32.3 Å². The first kappa shape index (κ1) is 26.4. The molecule has 11 heteroatoms. The first-order chi connectivity index (χ1) is 16.9. The van der Waals surface area contributed by atoms with Gasteiger partial charge in [-0.15, -0.1) is 0 Å². The largest absolute Gasteiger partial charge is 0.416 e. The van der Waals surface area contributed by atoms with E-state index in [9.17, 15) is 22.8 Å². The van der Waals surface area contributed by atoms with Crippen molar-refractivity contribution in [2.24, 2.45) is 0 Å². The first-order valence-corrected chi connectivity index (χ1v) is 15.9. The van der Waals surface area contributed by atoms with Crippen LogP contribution in [0.15, 0.2) is 36.7 Å². The van der Waals surface area contributed by atoms with E-state index in [1.807, 2.05) is 6.20 Å². The zero-order valence-corrected chi connectivity index (χ0v) is 21.9. The molecule has 0 bridgehead atoms. The molecule has 0 unspecified atom stereocenters. The van der Waals surface area contributed by atoms with Crippen LogP contribution >= 0.6 is 0 Å². The van der Waals surface area contributed by atoms with E-state index in [1.165, 1.54) is 17.3 Å². The molecule has 4 rings (SSSR count). The monoisotopic (exact) mass is 521 g/mol. The predicted octanol–water partition coefficient (Wildman–Crippen LogP) is 3.16. The highest BCUT2D eigenvalue weighted by Gasteiger charge is 2.36. The zero-order valence-electron chi connectivity index (χ0n) is 20.9. The second-order valence-corrected chi connectivity index (χ2v) is 16.0. The molecule has 2 amide bonds. The molecular formula is C25H34F3N5O2Si. The minimum atomic E-state index is -4.53. The Morgan fingerprint density at radius 3 is 2.36 bits per heavy atom. The summed E-state index contributed by atoms with van der Waals surface area (Å²) in [5, 5.41) is 11.3. The van der Waals surface area contributed by atoms with Gasteiger partial charge in [0.2, 0.25) is 5.91 Å². The van der Waals surface area contributed by atoms with Gasteiger partial charge in [0.15, 0.2) is 0 Å². The van der Waals surface area contributed by atoms with Gasteiger partial charge in [-0.25, -0.2) is 0 Å². The van der Waals surface area contributed by atoms with E-state index >= 15 is 0 Å². The summed E-state index contributed by atoms with van der Waals surface area (Å²) < 4.78 is 40.7. The maximum atomic E-state index is 12.8. The van der Waals surface area contributed by atoms with E-state index in [4.69, 9.17) is 0 Å². The van der Waals surface area contributed by atoms with Gasteiger partial charge in [0, 0.05) is 37.1 Å². The third-order valence-corrected chi connectivity index (χ3v) is 9.15. The quantitative estimate of drug-likeness (QED) is 0.549. The van der Waals surface area contributed by atoms with Gasteiger partial charge in [-0.1, -0.05) is 25.7 Å². The molecular weight excluding hydrogens is 487 g/mol. The second-order valence-electron chi connectivity index (χ2n) is 10.9. The third-order valence-electron chi connectivity index (χ3n) is 7.16. The number of rotatable bonds is 7. The van der Waals surface area contributed by atoms with Gasteiger partial charge < -0.3 is 10.6 Å². The summed E-state index contributed by atoms with van der Waals surface area (Å²) in [6.07, 6.45) is 4.11. The number of amides is 2. The fraction of sp³-hybridized carbons (Fsp3) is 0.560. The number of alkyl halides is 3. The molecule has 1 aliphatic carbocycles. The minimum Gasteiger partial charge on any atom is -0.349 e. The van der Waals surface area contributed by atoms with Crippen molar-refractivity contribution in [3.8, 4) is 0 Å². The molecule has 1 aromatic heterocycles. The summed E-state index contributed by atoms with van der Waals surface area (Å²) in [4.78, 5) is 26.8. The molecule has 2 aromatic rings. The highest BCUT2D eigenvalue weighted by Crippen LogP contribution is 2.32. The van der Waals surface area contributed by atoms with Crippen molar-refractivity contribution in [1.82, 2.24) is 25.3 Å². The van der Waals surface area contributed by atoms with Crippen LogP contribution < -0.4 is 15.8 Å². The minimum absolute atomic E-state index is 0.0195. The molecule has 1 saturated carbocycles. The highest BCUT2D eigenvalue weighted by molar-refractivity contribution is 6.88. The lowest BCUT2D eigenvalue weighted by molar-refractivity contribution is -0.137. The molecule has 0 radical (unpaired) electrons. The highest BCUT2D eigenvalue weighted by atomic mass is 28.3. The molecule has 2 aliphatic rings. The van der Waals surface area contributed by atoms with Crippen LogP contribution in [0, 0.1) is 0 Å². The van der Waals surface area contributed by atoms with Crippen LogP contribution in [-0.2, 0) is 11.0 Å². The van der Waals surface area contributed by atoms with Gasteiger partial charge in [0.25, 0.3) is 5.91 Å². The molecule has 1 saturated heterocycles. The lowest BCUT2D eigenvalue weighted by Crippen LogP contribution is -2.63. The van der Waals surface area contributed by atoms with Crippen LogP contribution in [0.5, 0.6) is 0 Å². The standard InChI is InChI=1S/C25H34F3N5O2Si/c1-36(2,3)22-12-30-33(16-22)21-9-7-20(8-10-21)32-14-19(15-32)31-23(34)13-29-24(35)17-5-4-6-18(11-17)25(26,27)28/h4-6,11-12,16,19-21H,7-10,13-15H2,1-3H3,(H,29,35)(H,31,34)/t20-,21+. The average molecular weight is 522 g/mol. The number of carbonyl (C=O) groups is 2. The normalized spacial score (nSPS) is 21.6. The summed E-state index contributed by atoms with van der Waals surface area (Å²) in [6.45, 7) is 8.24. The number of likely N-dealkylation sites (tertiary alicyclic amines) is 1. The Balaban J connectivity index is 1.16. The van der Waals surface area contributed by atoms with E-state index in [0.29, 0.717) is 12.1 Å². The van der Waals surface area contributed by atoms with Crippen LogP contribution in [0.1, 0.15) is 47.6 Å². The Kier molecular flexibility index (Phi) is 7.61. The zero-order chi connectivity index (χ0) is 26.1. The summed E-state index contributed by atoms with van der Waals surface area (Å²) in [6, 6.07) is 5.12. The number of halogens is 3. The fourth-order valence-electron chi connectivity index (χ4n) is 4.89. The van der Waals surface area contributed by atoms with Crippen molar-refractivity contribution < 1.29 is 22.8 Å². The van der Waals surface area contributed by atoms with Gasteiger partial charge in [-0.05, 0) is 49.1 Å².